The third kappa shape index (κ3) is 5.99. The van der Waals surface area contributed by atoms with Gasteiger partial charge in [0, 0.05) is 33.5 Å². The molecule has 0 aliphatic carbocycles. The molecule has 0 aromatic rings. The average molecular weight is 190 g/mol. The molecule has 13 heavy (non-hydrogen) atoms. The zero-order valence-electron chi connectivity index (χ0n) is 8.88. The highest BCUT2D eigenvalue weighted by atomic mass is 16.5. The smallest absolute Gasteiger partial charge is 0.0477 e. The molecule has 0 saturated carbocycles. The van der Waals surface area contributed by atoms with Gasteiger partial charge >= 0.3 is 0 Å². The van der Waals surface area contributed by atoms with Crippen molar-refractivity contribution in [3.05, 3.63) is 0 Å². The second kappa shape index (κ2) is 8.44. The first-order valence-corrected chi connectivity index (χ1v) is 4.70. The van der Waals surface area contributed by atoms with E-state index in [-0.39, 0.29) is 0 Å². The molecule has 0 aromatic carbocycles. The minimum absolute atomic E-state index is 0.315. The van der Waals surface area contributed by atoms with Crippen LogP contribution in [-0.2, 0) is 9.47 Å². The molecule has 2 atom stereocenters. The van der Waals surface area contributed by atoms with Gasteiger partial charge in [-0.25, -0.2) is 0 Å². The fourth-order valence-electron chi connectivity index (χ4n) is 1.28. The van der Waals surface area contributed by atoms with Crippen LogP contribution in [0.2, 0.25) is 0 Å². The highest BCUT2D eigenvalue weighted by Crippen LogP contribution is 2.10. The molecule has 0 aliphatic rings. The minimum Gasteiger partial charge on any atom is -0.385 e. The summed E-state index contributed by atoms with van der Waals surface area (Å²) in [6, 6.07) is 0.315. The maximum absolute atomic E-state index is 5.44. The number of ether oxygens (including phenoxy) is 2. The lowest BCUT2D eigenvalue weighted by molar-refractivity contribution is 0.147. The monoisotopic (exact) mass is 190 g/mol. The third-order valence-electron chi connectivity index (χ3n) is 2.31. The van der Waals surface area contributed by atoms with Crippen LogP contribution in [0.25, 0.3) is 0 Å². The first-order valence-electron chi connectivity index (χ1n) is 4.70. The van der Waals surface area contributed by atoms with Gasteiger partial charge in [-0.3, -0.25) is 11.3 Å². The standard InChI is InChI=1S/C9H22N2O2/c1-8(4-6-12-2)9(11-10)5-7-13-3/h8-9,11H,4-7,10H2,1-3H3. The van der Waals surface area contributed by atoms with Gasteiger partial charge in [-0.2, -0.15) is 0 Å². The Hall–Kier alpha value is -0.160. The molecule has 0 rings (SSSR count). The lowest BCUT2D eigenvalue weighted by Crippen LogP contribution is -2.41. The summed E-state index contributed by atoms with van der Waals surface area (Å²) in [7, 11) is 3.42. The van der Waals surface area contributed by atoms with Gasteiger partial charge in [-0.05, 0) is 18.8 Å². The van der Waals surface area contributed by atoms with Crippen LogP contribution < -0.4 is 11.3 Å². The van der Waals surface area contributed by atoms with Crippen LogP contribution in [0.3, 0.4) is 0 Å². The Morgan fingerprint density at radius 2 is 1.69 bits per heavy atom. The largest absolute Gasteiger partial charge is 0.385 e. The van der Waals surface area contributed by atoms with E-state index in [9.17, 15) is 0 Å². The number of hydrazine groups is 1. The summed E-state index contributed by atoms with van der Waals surface area (Å²) in [5, 5.41) is 0. The molecule has 0 aromatic heterocycles. The summed E-state index contributed by atoms with van der Waals surface area (Å²) in [4.78, 5) is 0. The maximum atomic E-state index is 5.44. The molecule has 4 heteroatoms. The summed E-state index contributed by atoms with van der Waals surface area (Å²) in [5.41, 5.74) is 2.81. The molecule has 0 amide bonds. The summed E-state index contributed by atoms with van der Waals surface area (Å²) in [6.45, 7) is 3.69. The van der Waals surface area contributed by atoms with E-state index in [1.807, 2.05) is 0 Å². The van der Waals surface area contributed by atoms with Crippen molar-refractivity contribution < 1.29 is 9.47 Å². The van der Waals surface area contributed by atoms with E-state index in [1.54, 1.807) is 14.2 Å². The van der Waals surface area contributed by atoms with E-state index in [0.717, 1.165) is 26.1 Å². The molecular formula is C9H22N2O2. The molecule has 3 N–H and O–H groups in total. The second-order valence-electron chi connectivity index (χ2n) is 3.31. The SMILES string of the molecule is COCCC(C)C(CCOC)NN. The molecule has 4 nitrogen and oxygen atoms in total. The van der Waals surface area contributed by atoms with Gasteiger partial charge in [0.05, 0.1) is 0 Å². The van der Waals surface area contributed by atoms with Crippen molar-refractivity contribution in [2.75, 3.05) is 27.4 Å². The predicted molar refractivity (Wildman–Crippen MR) is 53.3 cm³/mol. The number of hydrogen-bond donors (Lipinski definition) is 2. The molecule has 80 valence electrons. The predicted octanol–water partition coefficient (Wildman–Crippen LogP) is 0.527. The summed E-state index contributed by atoms with van der Waals surface area (Å²) in [6.07, 6.45) is 1.97. The zero-order chi connectivity index (χ0) is 10.1. The summed E-state index contributed by atoms with van der Waals surface area (Å²) >= 11 is 0. The molecule has 0 fully saturated rings. The normalized spacial score (nSPS) is 15.7. The number of methoxy groups -OCH3 is 2. The van der Waals surface area contributed by atoms with Crippen molar-refractivity contribution in [1.82, 2.24) is 5.43 Å². The van der Waals surface area contributed by atoms with E-state index in [2.05, 4.69) is 12.3 Å². The lowest BCUT2D eigenvalue weighted by Gasteiger charge is -2.22. The lowest BCUT2D eigenvalue weighted by atomic mass is 9.97. The van der Waals surface area contributed by atoms with Gasteiger partial charge in [-0.1, -0.05) is 6.92 Å². The van der Waals surface area contributed by atoms with E-state index >= 15 is 0 Å². The van der Waals surface area contributed by atoms with E-state index in [0.29, 0.717) is 12.0 Å². The number of nitrogens with two attached hydrogens (primary N) is 1. The van der Waals surface area contributed by atoms with Gasteiger partial charge in [0.1, 0.15) is 0 Å². The van der Waals surface area contributed by atoms with Crippen LogP contribution in [0.5, 0.6) is 0 Å². The van der Waals surface area contributed by atoms with Crippen molar-refractivity contribution in [1.29, 1.82) is 0 Å². The van der Waals surface area contributed by atoms with Crippen molar-refractivity contribution >= 4 is 0 Å². The Labute approximate surface area is 80.7 Å². The van der Waals surface area contributed by atoms with Crippen molar-refractivity contribution in [2.45, 2.75) is 25.8 Å². The zero-order valence-corrected chi connectivity index (χ0v) is 8.88. The van der Waals surface area contributed by atoms with Gasteiger partial charge in [-0.15, -0.1) is 0 Å². The molecule has 0 bridgehead atoms. The first kappa shape index (κ1) is 12.8. The van der Waals surface area contributed by atoms with Gasteiger partial charge in [0.2, 0.25) is 0 Å². The van der Waals surface area contributed by atoms with Crippen molar-refractivity contribution in [3.63, 3.8) is 0 Å². The Bertz CT molecular complexity index is 112. The maximum Gasteiger partial charge on any atom is 0.0477 e. The second-order valence-corrected chi connectivity index (χ2v) is 3.31. The van der Waals surface area contributed by atoms with Crippen LogP contribution >= 0.6 is 0 Å². The molecular weight excluding hydrogens is 168 g/mol. The fraction of sp³-hybridized carbons (Fsp3) is 1.00. The van der Waals surface area contributed by atoms with E-state index < -0.39 is 0 Å². The molecule has 0 saturated heterocycles. The van der Waals surface area contributed by atoms with Gasteiger partial charge < -0.3 is 9.47 Å². The minimum atomic E-state index is 0.315. The molecule has 0 radical (unpaired) electrons. The van der Waals surface area contributed by atoms with Crippen LogP contribution in [0.1, 0.15) is 19.8 Å². The average Bonchev–Trinajstić information content (AvgIpc) is 2.16. The Morgan fingerprint density at radius 3 is 2.15 bits per heavy atom. The van der Waals surface area contributed by atoms with E-state index in [4.69, 9.17) is 15.3 Å². The number of nitrogens with one attached hydrogen (secondary N) is 1. The first-order chi connectivity index (χ1) is 6.26. The molecule has 0 heterocycles. The Kier molecular flexibility index (Phi) is 8.33. The van der Waals surface area contributed by atoms with E-state index in [1.165, 1.54) is 0 Å². The van der Waals surface area contributed by atoms with Crippen LogP contribution in [-0.4, -0.2) is 33.5 Å². The topological polar surface area (TPSA) is 56.5 Å². The van der Waals surface area contributed by atoms with Crippen LogP contribution in [0, 0.1) is 5.92 Å². The van der Waals surface area contributed by atoms with Crippen molar-refractivity contribution in [3.8, 4) is 0 Å². The van der Waals surface area contributed by atoms with Crippen molar-refractivity contribution in [2.24, 2.45) is 11.8 Å². The summed E-state index contributed by atoms with van der Waals surface area (Å²) < 4.78 is 10.0. The summed E-state index contributed by atoms with van der Waals surface area (Å²) in [5.74, 6) is 5.95. The molecule has 0 aliphatic heterocycles. The fourth-order valence-corrected chi connectivity index (χ4v) is 1.28. The quantitative estimate of drug-likeness (QED) is 0.433. The van der Waals surface area contributed by atoms with Crippen LogP contribution in [0.4, 0.5) is 0 Å². The number of rotatable bonds is 8. The highest BCUT2D eigenvalue weighted by molar-refractivity contribution is 4.70. The number of hydrogen-bond acceptors (Lipinski definition) is 4. The van der Waals surface area contributed by atoms with Crippen LogP contribution in [0.15, 0.2) is 0 Å². The van der Waals surface area contributed by atoms with Gasteiger partial charge in [0.25, 0.3) is 0 Å². The molecule has 2 unspecified atom stereocenters. The Balaban J connectivity index is 3.63. The Morgan fingerprint density at radius 1 is 1.15 bits per heavy atom. The molecule has 0 spiro atoms. The highest BCUT2D eigenvalue weighted by Gasteiger charge is 2.14. The third-order valence-corrected chi connectivity index (χ3v) is 2.31. The van der Waals surface area contributed by atoms with Gasteiger partial charge in [0.15, 0.2) is 0 Å².